The van der Waals surface area contributed by atoms with Crippen LogP contribution in [0.2, 0.25) is 0 Å². The first kappa shape index (κ1) is 17.5. The Morgan fingerprint density at radius 1 is 1.23 bits per heavy atom. The highest BCUT2D eigenvalue weighted by Crippen LogP contribution is 2.35. The van der Waals surface area contributed by atoms with Crippen molar-refractivity contribution < 1.29 is 4.79 Å². The van der Waals surface area contributed by atoms with Gasteiger partial charge in [0.2, 0.25) is 5.91 Å². The number of hydrogen-bond donors (Lipinski definition) is 0. The highest BCUT2D eigenvalue weighted by Gasteiger charge is 2.36. The lowest BCUT2D eigenvalue weighted by molar-refractivity contribution is -0.133. The quantitative estimate of drug-likeness (QED) is 0.827. The molecule has 2 aromatic rings. The zero-order chi connectivity index (χ0) is 18.3. The van der Waals surface area contributed by atoms with Gasteiger partial charge in [0, 0.05) is 43.4 Å². The molecule has 0 N–H and O–H groups in total. The number of carbonyl (C=O) groups excluding carboxylic acids is 1. The lowest BCUT2D eigenvalue weighted by Crippen LogP contribution is -2.49. The van der Waals surface area contributed by atoms with Crippen molar-refractivity contribution in [3.63, 3.8) is 0 Å². The van der Waals surface area contributed by atoms with Crippen LogP contribution in [0.3, 0.4) is 0 Å². The molecule has 6 heteroatoms. The summed E-state index contributed by atoms with van der Waals surface area (Å²) in [6, 6.07) is 6.10. The van der Waals surface area contributed by atoms with Gasteiger partial charge in [-0.15, -0.1) is 0 Å². The number of pyridine rings is 1. The number of nitrogens with zero attached hydrogens (tertiary/aromatic N) is 3. The zero-order valence-electron chi connectivity index (χ0n) is 15.4. The molecule has 2 bridgehead atoms. The molecule has 138 valence electrons. The highest BCUT2D eigenvalue weighted by atomic mass is 32.1. The van der Waals surface area contributed by atoms with Crippen LogP contribution in [0.5, 0.6) is 0 Å². The Hall–Kier alpha value is -1.92. The van der Waals surface area contributed by atoms with E-state index in [9.17, 15) is 9.59 Å². The first-order valence-corrected chi connectivity index (χ1v) is 10.1. The van der Waals surface area contributed by atoms with E-state index in [2.05, 4.69) is 6.07 Å². The van der Waals surface area contributed by atoms with Gasteiger partial charge in [0.15, 0.2) is 0 Å². The van der Waals surface area contributed by atoms with Crippen molar-refractivity contribution in [2.45, 2.75) is 31.8 Å². The van der Waals surface area contributed by atoms with Crippen LogP contribution in [0, 0.1) is 5.92 Å². The average molecular weight is 372 g/mol. The number of fused-ring (bicyclic) bond motifs is 4. The maximum atomic E-state index is 12.9. The maximum absolute atomic E-state index is 12.9. The molecule has 1 fully saturated rings. The van der Waals surface area contributed by atoms with Crippen LogP contribution < -0.4 is 5.56 Å². The summed E-state index contributed by atoms with van der Waals surface area (Å²) in [5, 5.41) is 4.06. The van der Waals surface area contributed by atoms with Crippen molar-refractivity contribution >= 4 is 17.2 Å². The molecule has 1 saturated heterocycles. The average Bonchev–Trinajstić information content (AvgIpc) is 3.10. The van der Waals surface area contributed by atoms with E-state index < -0.39 is 0 Å². The van der Waals surface area contributed by atoms with Crippen molar-refractivity contribution in [1.29, 1.82) is 0 Å². The molecule has 2 atom stereocenters. The number of amides is 1. The standard InChI is InChI=1S/C20H25N3O2S/c1-21(2)11-16-3-4-18-17-7-15(10-23(18)20(16)25)9-22(12-17)19(24)8-14-5-6-26-13-14/h3-6,13,15,17H,7-12H2,1-2H3/t15-,17+/m0/s1. The van der Waals surface area contributed by atoms with Gasteiger partial charge >= 0.3 is 0 Å². The molecule has 4 heterocycles. The number of thiophene rings is 1. The fourth-order valence-electron chi connectivity index (χ4n) is 4.34. The van der Waals surface area contributed by atoms with Crippen LogP contribution in [0.15, 0.2) is 33.8 Å². The fraction of sp³-hybridized carbons (Fsp3) is 0.500. The van der Waals surface area contributed by atoms with Crippen LogP contribution in [0.1, 0.15) is 29.2 Å². The number of likely N-dealkylation sites (tertiary alicyclic amines) is 1. The van der Waals surface area contributed by atoms with E-state index in [0.717, 1.165) is 42.9 Å². The second-order valence-electron chi connectivity index (χ2n) is 7.84. The summed E-state index contributed by atoms with van der Waals surface area (Å²) in [6.07, 6.45) is 1.56. The Bertz CT molecular complexity index is 856. The van der Waals surface area contributed by atoms with Crippen LogP contribution >= 0.6 is 11.3 Å². The Labute approximate surface area is 157 Å². The van der Waals surface area contributed by atoms with Crippen LogP contribution in [0.4, 0.5) is 0 Å². The van der Waals surface area contributed by atoms with Gasteiger partial charge in [0.25, 0.3) is 5.56 Å². The van der Waals surface area contributed by atoms with E-state index in [0.29, 0.717) is 18.9 Å². The van der Waals surface area contributed by atoms with Crippen LogP contribution in [-0.2, 0) is 24.3 Å². The lowest BCUT2D eigenvalue weighted by atomic mass is 9.82. The Morgan fingerprint density at radius 3 is 2.81 bits per heavy atom. The molecule has 2 aliphatic heterocycles. The van der Waals surface area contributed by atoms with Crippen molar-refractivity contribution in [3.8, 4) is 0 Å². The van der Waals surface area contributed by atoms with Crippen molar-refractivity contribution in [2.75, 3.05) is 27.2 Å². The number of rotatable bonds is 4. The van der Waals surface area contributed by atoms with Gasteiger partial charge in [-0.1, -0.05) is 6.07 Å². The molecule has 1 amide bonds. The normalized spacial score (nSPS) is 21.7. The minimum absolute atomic E-state index is 0.143. The van der Waals surface area contributed by atoms with E-state index in [1.54, 1.807) is 11.3 Å². The minimum atomic E-state index is 0.143. The molecule has 2 aromatic heterocycles. The summed E-state index contributed by atoms with van der Waals surface area (Å²) in [5.74, 6) is 0.855. The third kappa shape index (κ3) is 3.35. The van der Waals surface area contributed by atoms with Gasteiger partial charge in [-0.3, -0.25) is 9.59 Å². The summed E-state index contributed by atoms with van der Waals surface area (Å²) in [6.45, 7) is 2.89. The summed E-state index contributed by atoms with van der Waals surface area (Å²) in [4.78, 5) is 29.6. The largest absolute Gasteiger partial charge is 0.341 e. The third-order valence-corrected chi connectivity index (χ3v) is 6.19. The lowest BCUT2D eigenvalue weighted by Gasteiger charge is -2.43. The predicted octanol–water partition coefficient (Wildman–Crippen LogP) is 2.16. The van der Waals surface area contributed by atoms with Gasteiger partial charge < -0.3 is 14.4 Å². The molecule has 26 heavy (non-hydrogen) atoms. The smallest absolute Gasteiger partial charge is 0.255 e. The molecule has 0 saturated carbocycles. The van der Waals surface area contributed by atoms with E-state index >= 15 is 0 Å². The number of piperidine rings is 1. The van der Waals surface area contributed by atoms with Gasteiger partial charge in [-0.2, -0.15) is 11.3 Å². The van der Waals surface area contributed by atoms with Crippen molar-refractivity contribution in [1.82, 2.24) is 14.4 Å². The summed E-state index contributed by atoms with van der Waals surface area (Å²) >= 11 is 1.63. The maximum Gasteiger partial charge on any atom is 0.255 e. The molecule has 0 spiro atoms. The van der Waals surface area contributed by atoms with Crippen LogP contribution in [0.25, 0.3) is 0 Å². The topological polar surface area (TPSA) is 45.6 Å². The number of aromatic nitrogens is 1. The fourth-order valence-corrected chi connectivity index (χ4v) is 5.00. The van der Waals surface area contributed by atoms with Crippen molar-refractivity contribution in [2.24, 2.45) is 5.92 Å². The van der Waals surface area contributed by atoms with E-state index in [4.69, 9.17) is 0 Å². The Morgan fingerprint density at radius 2 is 2.08 bits per heavy atom. The SMILES string of the molecule is CN(C)Cc1ccc2n(c1=O)C[C@H]1C[C@@H]2CN(C(=O)Cc2ccsc2)C1. The molecule has 0 unspecified atom stereocenters. The van der Waals surface area contributed by atoms with Crippen molar-refractivity contribution in [3.05, 3.63) is 56.1 Å². The molecule has 4 rings (SSSR count). The van der Waals surface area contributed by atoms with E-state index in [-0.39, 0.29) is 17.4 Å². The molecule has 2 aliphatic rings. The third-order valence-electron chi connectivity index (χ3n) is 5.46. The second kappa shape index (κ2) is 7.00. The molecule has 0 radical (unpaired) electrons. The monoisotopic (exact) mass is 371 g/mol. The molecular weight excluding hydrogens is 346 g/mol. The van der Waals surface area contributed by atoms with E-state index in [1.807, 2.05) is 51.4 Å². The van der Waals surface area contributed by atoms with Gasteiger partial charge in [0.05, 0.1) is 6.42 Å². The first-order valence-electron chi connectivity index (χ1n) is 9.17. The minimum Gasteiger partial charge on any atom is -0.341 e. The molecule has 5 nitrogen and oxygen atoms in total. The van der Waals surface area contributed by atoms with Gasteiger partial charge in [-0.25, -0.2) is 0 Å². The zero-order valence-corrected chi connectivity index (χ0v) is 16.2. The Kier molecular flexibility index (Phi) is 4.71. The molecule has 0 aliphatic carbocycles. The number of carbonyl (C=O) groups is 1. The van der Waals surface area contributed by atoms with Gasteiger partial charge in [0.1, 0.15) is 0 Å². The van der Waals surface area contributed by atoms with Gasteiger partial charge in [-0.05, 0) is 54.9 Å². The highest BCUT2D eigenvalue weighted by molar-refractivity contribution is 7.08. The predicted molar refractivity (Wildman–Crippen MR) is 104 cm³/mol. The summed E-state index contributed by atoms with van der Waals surface area (Å²) < 4.78 is 1.97. The second-order valence-corrected chi connectivity index (χ2v) is 8.62. The molecular formula is C20H25N3O2S. The Balaban J connectivity index is 1.55. The molecule has 0 aromatic carbocycles. The summed E-state index contributed by atoms with van der Waals surface area (Å²) in [7, 11) is 3.96. The van der Waals surface area contributed by atoms with Crippen LogP contribution in [-0.4, -0.2) is 47.5 Å². The first-order chi connectivity index (χ1) is 12.5. The number of hydrogen-bond acceptors (Lipinski definition) is 4. The summed E-state index contributed by atoms with van der Waals surface area (Å²) in [5.41, 5.74) is 3.19. The van der Waals surface area contributed by atoms with E-state index in [1.165, 1.54) is 0 Å².